The SMILES string of the molecule is CCCC(CCCCc1ccncc1)C(C)=O. The van der Waals surface area contributed by atoms with Crippen LogP contribution in [0.4, 0.5) is 0 Å². The molecule has 0 spiro atoms. The molecular weight excluding hydrogens is 210 g/mol. The minimum Gasteiger partial charge on any atom is -0.300 e. The van der Waals surface area contributed by atoms with Gasteiger partial charge in [0.15, 0.2) is 0 Å². The van der Waals surface area contributed by atoms with Gasteiger partial charge < -0.3 is 0 Å². The summed E-state index contributed by atoms with van der Waals surface area (Å²) in [6, 6.07) is 4.13. The van der Waals surface area contributed by atoms with Gasteiger partial charge in [-0.25, -0.2) is 0 Å². The van der Waals surface area contributed by atoms with Gasteiger partial charge >= 0.3 is 0 Å². The minimum atomic E-state index is 0.289. The van der Waals surface area contributed by atoms with E-state index in [0.717, 1.165) is 38.5 Å². The van der Waals surface area contributed by atoms with Crippen molar-refractivity contribution in [2.24, 2.45) is 5.92 Å². The predicted octanol–water partition coefficient (Wildman–Crippen LogP) is 3.80. The molecule has 0 N–H and O–H groups in total. The Hall–Kier alpha value is -1.18. The van der Waals surface area contributed by atoms with Gasteiger partial charge in [-0.05, 0) is 50.3 Å². The Morgan fingerprint density at radius 3 is 2.53 bits per heavy atom. The lowest BCUT2D eigenvalue weighted by atomic mass is 9.93. The molecule has 94 valence electrons. The first-order valence-corrected chi connectivity index (χ1v) is 6.63. The van der Waals surface area contributed by atoms with Crippen LogP contribution < -0.4 is 0 Å². The van der Waals surface area contributed by atoms with E-state index < -0.39 is 0 Å². The number of ketones is 1. The minimum absolute atomic E-state index is 0.289. The number of pyridine rings is 1. The summed E-state index contributed by atoms with van der Waals surface area (Å²) in [6.45, 7) is 3.87. The number of hydrogen-bond acceptors (Lipinski definition) is 2. The standard InChI is InChI=1S/C15H23NO/c1-3-6-15(13(2)17)8-5-4-7-14-9-11-16-12-10-14/h9-12,15H,3-8H2,1-2H3. The molecule has 2 nitrogen and oxygen atoms in total. The monoisotopic (exact) mass is 233 g/mol. The quantitative estimate of drug-likeness (QED) is 0.639. The van der Waals surface area contributed by atoms with E-state index in [2.05, 4.69) is 24.0 Å². The van der Waals surface area contributed by atoms with Gasteiger partial charge in [0.2, 0.25) is 0 Å². The Bertz CT molecular complexity index is 321. The van der Waals surface area contributed by atoms with E-state index in [0.29, 0.717) is 5.78 Å². The van der Waals surface area contributed by atoms with Crippen molar-refractivity contribution in [2.75, 3.05) is 0 Å². The van der Waals surface area contributed by atoms with Crippen LogP contribution in [-0.4, -0.2) is 10.8 Å². The van der Waals surface area contributed by atoms with E-state index in [1.165, 1.54) is 5.56 Å². The third kappa shape index (κ3) is 5.62. The van der Waals surface area contributed by atoms with Crippen LogP contribution in [0.25, 0.3) is 0 Å². The Morgan fingerprint density at radius 1 is 1.24 bits per heavy atom. The zero-order chi connectivity index (χ0) is 12.5. The largest absolute Gasteiger partial charge is 0.300 e. The molecule has 1 heterocycles. The van der Waals surface area contributed by atoms with E-state index in [1.807, 2.05) is 12.4 Å². The lowest BCUT2D eigenvalue weighted by molar-refractivity contribution is -0.121. The molecule has 2 heteroatoms. The Labute approximate surface area is 104 Å². The van der Waals surface area contributed by atoms with E-state index in [4.69, 9.17) is 0 Å². The molecule has 0 fully saturated rings. The first kappa shape index (κ1) is 13.9. The second-order valence-electron chi connectivity index (χ2n) is 4.70. The third-order valence-electron chi connectivity index (χ3n) is 3.23. The van der Waals surface area contributed by atoms with Crippen molar-refractivity contribution in [3.63, 3.8) is 0 Å². The molecule has 0 saturated heterocycles. The smallest absolute Gasteiger partial charge is 0.132 e. The second-order valence-corrected chi connectivity index (χ2v) is 4.70. The van der Waals surface area contributed by atoms with Crippen molar-refractivity contribution in [1.29, 1.82) is 0 Å². The zero-order valence-corrected chi connectivity index (χ0v) is 11.0. The average Bonchev–Trinajstić information content (AvgIpc) is 2.34. The van der Waals surface area contributed by atoms with E-state index >= 15 is 0 Å². The van der Waals surface area contributed by atoms with E-state index in [9.17, 15) is 4.79 Å². The number of Topliss-reactive ketones (excluding diaryl/α,β-unsaturated/α-hetero) is 1. The summed E-state index contributed by atoms with van der Waals surface area (Å²) in [4.78, 5) is 15.4. The van der Waals surface area contributed by atoms with Crippen LogP contribution >= 0.6 is 0 Å². The molecule has 17 heavy (non-hydrogen) atoms. The molecule has 1 aromatic rings. The Kier molecular flexibility index (Phi) is 6.53. The highest BCUT2D eigenvalue weighted by Crippen LogP contribution is 2.17. The molecule has 0 radical (unpaired) electrons. The van der Waals surface area contributed by atoms with Crippen LogP contribution in [0.2, 0.25) is 0 Å². The molecule has 1 rings (SSSR count). The fourth-order valence-corrected chi connectivity index (χ4v) is 2.17. The molecule has 1 unspecified atom stereocenters. The van der Waals surface area contributed by atoms with Crippen LogP contribution in [0.1, 0.15) is 51.5 Å². The average molecular weight is 233 g/mol. The molecule has 1 atom stereocenters. The van der Waals surface area contributed by atoms with Gasteiger partial charge in [0, 0.05) is 18.3 Å². The van der Waals surface area contributed by atoms with Crippen molar-refractivity contribution in [2.45, 2.75) is 52.4 Å². The molecule has 0 aliphatic rings. The van der Waals surface area contributed by atoms with Gasteiger partial charge in [-0.1, -0.05) is 19.8 Å². The van der Waals surface area contributed by atoms with E-state index in [-0.39, 0.29) is 5.92 Å². The number of carbonyl (C=O) groups excluding carboxylic acids is 1. The Balaban J connectivity index is 2.20. The molecule has 0 aromatic carbocycles. The predicted molar refractivity (Wildman–Crippen MR) is 70.9 cm³/mol. The number of hydrogen-bond donors (Lipinski definition) is 0. The summed E-state index contributed by atoms with van der Waals surface area (Å²) in [6.07, 6.45) is 10.3. The van der Waals surface area contributed by atoms with Gasteiger partial charge in [-0.15, -0.1) is 0 Å². The number of aromatic nitrogens is 1. The van der Waals surface area contributed by atoms with Crippen LogP contribution in [0.15, 0.2) is 24.5 Å². The topological polar surface area (TPSA) is 30.0 Å². The summed E-state index contributed by atoms with van der Waals surface area (Å²) in [5, 5.41) is 0. The maximum atomic E-state index is 11.4. The Morgan fingerprint density at radius 2 is 1.94 bits per heavy atom. The fraction of sp³-hybridized carbons (Fsp3) is 0.600. The van der Waals surface area contributed by atoms with Gasteiger partial charge in [0.05, 0.1) is 0 Å². The number of aryl methyl sites for hydroxylation is 1. The number of nitrogens with zero attached hydrogens (tertiary/aromatic N) is 1. The molecule has 0 aliphatic carbocycles. The molecule has 1 aromatic heterocycles. The first-order chi connectivity index (χ1) is 8.24. The van der Waals surface area contributed by atoms with Crippen molar-refractivity contribution < 1.29 is 4.79 Å². The van der Waals surface area contributed by atoms with Crippen LogP contribution in [-0.2, 0) is 11.2 Å². The summed E-state index contributed by atoms with van der Waals surface area (Å²) in [5.74, 6) is 0.646. The summed E-state index contributed by atoms with van der Waals surface area (Å²) < 4.78 is 0. The highest BCUT2D eigenvalue weighted by Gasteiger charge is 2.12. The van der Waals surface area contributed by atoms with Gasteiger partial charge in [0.1, 0.15) is 5.78 Å². The maximum absolute atomic E-state index is 11.4. The highest BCUT2D eigenvalue weighted by molar-refractivity contribution is 5.78. The lowest BCUT2D eigenvalue weighted by Gasteiger charge is -2.12. The van der Waals surface area contributed by atoms with Crippen LogP contribution in [0.3, 0.4) is 0 Å². The maximum Gasteiger partial charge on any atom is 0.132 e. The zero-order valence-electron chi connectivity index (χ0n) is 11.0. The van der Waals surface area contributed by atoms with Gasteiger partial charge in [0.25, 0.3) is 0 Å². The summed E-state index contributed by atoms with van der Waals surface area (Å²) in [7, 11) is 0. The van der Waals surface area contributed by atoms with Gasteiger partial charge in [-0.2, -0.15) is 0 Å². The van der Waals surface area contributed by atoms with Crippen molar-refractivity contribution in [3.8, 4) is 0 Å². The van der Waals surface area contributed by atoms with Crippen LogP contribution in [0.5, 0.6) is 0 Å². The molecule has 0 bridgehead atoms. The molecule has 0 saturated carbocycles. The van der Waals surface area contributed by atoms with Crippen LogP contribution in [0, 0.1) is 5.92 Å². The van der Waals surface area contributed by atoms with E-state index in [1.54, 1.807) is 6.92 Å². The number of unbranched alkanes of at least 4 members (excludes halogenated alkanes) is 1. The number of carbonyl (C=O) groups is 1. The third-order valence-corrected chi connectivity index (χ3v) is 3.23. The summed E-state index contributed by atoms with van der Waals surface area (Å²) in [5.41, 5.74) is 1.34. The molecule has 0 aliphatic heterocycles. The molecule has 0 amide bonds. The highest BCUT2D eigenvalue weighted by atomic mass is 16.1. The van der Waals surface area contributed by atoms with Crippen molar-refractivity contribution >= 4 is 5.78 Å². The number of rotatable bonds is 8. The molecular formula is C15H23NO. The van der Waals surface area contributed by atoms with Crippen molar-refractivity contribution in [1.82, 2.24) is 4.98 Å². The summed E-state index contributed by atoms with van der Waals surface area (Å²) >= 11 is 0. The van der Waals surface area contributed by atoms with Gasteiger partial charge in [-0.3, -0.25) is 9.78 Å². The first-order valence-electron chi connectivity index (χ1n) is 6.63. The fourth-order valence-electron chi connectivity index (χ4n) is 2.17. The second kappa shape index (κ2) is 7.99. The van der Waals surface area contributed by atoms with Crippen molar-refractivity contribution in [3.05, 3.63) is 30.1 Å². The lowest BCUT2D eigenvalue weighted by Crippen LogP contribution is -2.10. The normalized spacial score (nSPS) is 12.4.